The Morgan fingerprint density at radius 3 is 2.94 bits per heavy atom. The first-order valence-electron chi connectivity index (χ1n) is 5.13. The van der Waals surface area contributed by atoms with E-state index in [9.17, 15) is 4.79 Å². The van der Waals surface area contributed by atoms with Crippen molar-refractivity contribution in [1.82, 2.24) is 4.98 Å². The lowest BCUT2D eigenvalue weighted by Crippen LogP contribution is -2.00. The van der Waals surface area contributed by atoms with Crippen molar-refractivity contribution in [3.8, 4) is 0 Å². The van der Waals surface area contributed by atoms with Gasteiger partial charge in [-0.25, -0.2) is 4.98 Å². The minimum absolute atomic E-state index is 0.174. The van der Waals surface area contributed by atoms with Crippen LogP contribution in [0.3, 0.4) is 0 Å². The Bertz CT molecular complexity index is 648. The van der Waals surface area contributed by atoms with E-state index in [1.165, 1.54) is 9.40 Å². The fraction of sp³-hybridized carbons (Fsp3) is 0.167. The van der Waals surface area contributed by atoms with Gasteiger partial charge in [0, 0.05) is 20.5 Å². The largest absolute Gasteiger partial charge is 0.293 e. The number of aromatic nitrogens is 1. The Hall–Kier alpha value is -1.04. The fourth-order valence-electron chi connectivity index (χ4n) is 1.61. The molecule has 3 heterocycles. The second kappa shape index (κ2) is 4.33. The third-order valence-corrected chi connectivity index (χ3v) is 5.49. The molecular weight excluding hydrogens is 270 g/mol. The van der Waals surface area contributed by atoms with Gasteiger partial charge in [-0.1, -0.05) is 0 Å². The van der Waals surface area contributed by atoms with Crippen LogP contribution in [0.4, 0.5) is 0 Å². The number of rotatable bonds is 3. The van der Waals surface area contributed by atoms with Crippen LogP contribution in [0.15, 0.2) is 22.9 Å². The standard InChI is InChI=1S/C12H9NOS3/c1-7-6-16-12(13-7)4-8(14)10-5-11-9(17-10)2-3-15-11/h2-3,5-6H,4H2,1H3. The number of fused-ring (bicyclic) bond motifs is 1. The molecule has 0 bridgehead atoms. The third kappa shape index (κ3) is 2.18. The second-order valence-electron chi connectivity index (χ2n) is 3.74. The van der Waals surface area contributed by atoms with E-state index < -0.39 is 0 Å². The summed E-state index contributed by atoms with van der Waals surface area (Å²) in [5, 5.41) is 4.94. The zero-order valence-electron chi connectivity index (χ0n) is 9.10. The highest BCUT2D eigenvalue weighted by Crippen LogP contribution is 2.30. The summed E-state index contributed by atoms with van der Waals surface area (Å²) >= 11 is 4.81. The van der Waals surface area contributed by atoms with E-state index in [1.807, 2.05) is 18.4 Å². The minimum atomic E-state index is 0.174. The van der Waals surface area contributed by atoms with E-state index in [0.29, 0.717) is 6.42 Å². The average molecular weight is 279 g/mol. The minimum Gasteiger partial charge on any atom is -0.293 e. The monoisotopic (exact) mass is 279 g/mol. The second-order valence-corrected chi connectivity index (χ2v) is 6.72. The van der Waals surface area contributed by atoms with Crippen LogP contribution in [0.2, 0.25) is 0 Å². The smallest absolute Gasteiger partial charge is 0.179 e. The van der Waals surface area contributed by atoms with Crippen molar-refractivity contribution < 1.29 is 4.79 Å². The highest BCUT2D eigenvalue weighted by atomic mass is 32.1. The van der Waals surface area contributed by atoms with E-state index in [-0.39, 0.29) is 5.78 Å². The summed E-state index contributed by atoms with van der Waals surface area (Å²) in [5.74, 6) is 0.174. The van der Waals surface area contributed by atoms with E-state index in [1.54, 1.807) is 34.0 Å². The van der Waals surface area contributed by atoms with Crippen LogP contribution < -0.4 is 0 Å². The molecule has 0 saturated heterocycles. The van der Waals surface area contributed by atoms with E-state index in [2.05, 4.69) is 16.4 Å². The first kappa shape index (κ1) is 11.1. The molecule has 3 rings (SSSR count). The van der Waals surface area contributed by atoms with Crippen molar-refractivity contribution in [2.45, 2.75) is 13.3 Å². The number of hydrogen-bond acceptors (Lipinski definition) is 5. The molecule has 0 aliphatic carbocycles. The van der Waals surface area contributed by atoms with Gasteiger partial charge in [0.25, 0.3) is 0 Å². The van der Waals surface area contributed by atoms with Crippen molar-refractivity contribution in [3.63, 3.8) is 0 Å². The van der Waals surface area contributed by atoms with Crippen LogP contribution in [0.25, 0.3) is 9.40 Å². The Morgan fingerprint density at radius 1 is 1.35 bits per heavy atom. The number of thiazole rings is 1. The van der Waals surface area contributed by atoms with Crippen LogP contribution in [-0.4, -0.2) is 10.8 Å². The summed E-state index contributed by atoms with van der Waals surface area (Å²) in [5.41, 5.74) is 0.991. The van der Waals surface area contributed by atoms with Crippen molar-refractivity contribution >= 4 is 49.2 Å². The van der Waals surface area contributed by atoms with Gasteiger partial charge in [0.2, 0.25) is 0 Å². The predicted molar refractivity (Wildman–Crippen MR) is 74.6 cm³/mol. The molecule has 5 heteroatoms. The maximum atomic E-state index is 12.1. The SMILES string of the molecule is Cc1csc(CC(=O)c2cc3sccc3s2)n1. The molecule has 3 aromatic rings. The molecule has 2 nitrogen and oxygen atoms in total. The third-order valence-electron chi connectivity index (χ3n) is 2.39. The molecule has 0 amide bonds. The van der Waals surface area contributed by atoms with E-state index >= 15 is 0 Å². The Balaban J connectivity index is 1.84. The van der Waals surface area contributed by atoms with Crippen molar-refractivity contribution in [2.75, 3.05) is 0 Å². The Kier molecular flexibility index (Phi) is 2.82. The zero-order chi connectivity index (χ0) is 11.8. The topological polar surface area (TPSA) is 30.0 Å². The van der Waals surface area contributed by atoms with Gasteiger partial charge in [0.1, 0.15) is 5.01 Å². The maximum Gasteiger partial charge on any atom is 0.179 e. The number of nitrogens with zero attached hydrogens (tertiary/aromatic N) is 1. The molecule has 0 aromatic carbocycles. The van der Waals surface area contributed by atoms with Crippen LogP contribution >= 0.6 is 34.0 Å². The lowest BCUT2D eigenvalue weighted by molar-refractivity contribution is 0.0997. The molecule has 0 radical (unpaired) electrons. The van der Waals surface area contributed by atoms with Gasteiger partial charge in [0.15, 0.2) is 5.78 Å². The molecule has 0 aliphatic rings. The van der Waals surface area contributed by atoms with Crippen molar-refractivity contribution in [2.24, 2.45) is 0 Å². The van der Waals surface area contributed by atoms with Gasteiger partial charge >= 0.3 is 0 Å². The number of carbonyl (C=O) groups is 1. The summed E-state index contributed by atoms with van der Waals surface area (Å²) in [6.45, 7) is 1.95. The van der Waals surface area contributed by atoms with Crippen LogP contribution in [0.5, 0.6) is 0 Å². The van der Waals surface area contributed by atoms with Gasteiger partial charge in [-0.15, -0.1) is 34.0 Å². The quantitative estimate of drug-likeness (QED) is 0.674. The fourth-order valence-corrected chi connectivity index (χ4v) is 4.43. The number of thiophene rings is 2. The van der Waals surface area contributed by atoms with E-state index in [4.69, 9.17) is 0 Å². The Labute approximate surface area is 111 Å². The van der Waals surface area contributed by atoms with Gasteiger partial charge in [0.05, 0.1) is 11.3 Å². The molecular formula is C12H9NOS3. The highest BCUT2D eigenvalue weighted by molar-refractivity contribution is 7.27. The molecule has 0 atom stereocenters. The first-order valence-corrected chi connectivity index (χ1v) is 7.71. The summed E-state index contributed by atoms with van der Waals surface area (Å²) in [6.07, 6.45) is 0.423. The van der Waals surface area contributed by atoms with Gasteiger partial charge in [-0.05, 0) is 24.4 Å². The molecule has 86 valence electrons. The summed E-state index contributed by atoms with van der Waals surface area (Å²) in [7, 11) is 0. The number of ketones is 1. The molecule has 0 N–H and O–H groups in total. The lowest BCUT2D eigenvalue weighted by atomic mass is 10.2. The van der Waals surface area contributed by atoms with Crippen molar-refractivity contribution in [1.29, 1.82) is 0 Å². The molecule has 0 aliphatic heterocycles. The van der Waals surface area contributed by atoms with Gasteiger partial charge in [-0.2, -0.15) is 0 Å². The average Bonchev–Trinajstić information content (AvgIpc) is 2.92. The summed E-state index contributed by atoms with van der Waals surface area (Å²) in [6, 6.07) is 4.06. The number of aryl methyl sites for hydroxylation is 1. The number of carbonyl (C=O) groups excluding carboxylic acids is 1. The normalized spacial score (nSPS) is 11.1. The molecule has 0 unspecified atom stereocenters. The summed E-state index contributed by atoms with van der Waals surface area (Å²) in [4.78, 5) is 17.2. The molecule has 3 aromatic heterocycles. The molecule has 0 spiro atoms. The van der Waals surface area contributed by atoms with Crippen LogP contribution in [0.1, 0.15) is 20.4 Å². The van der Waals surface area contributed by atoms with Gasteiger partial charge < -0.3 is 0 Å². The maximum absolute atomic E-state index is 12.1. The first-order chi connectivity index (χ1) is 8.22. The molecule has 0 fully saturated rings. The highest BCUT2D eigenvalue weighted by Gasteiger charge is 2.13. The number of Topliss-reactive ketones (excluding diaryl/α,β-unsaturated/α-hetero) is 1. The summed E-state index contributed by atoms with van der Waals surface area (Å²) < 4.78 is 2.40. The lowest BCUT2D eigenvalue weighted by Gasteiger charge is -1.93. The van der Waals surface area contributed by atoms with E-state index in [0.717, 1.165) is 15.6 Å². The zero-order valence-corrected chi connectivity index (χ0v) is 11.5. The molecule has 0 saturated carbocycles. The number of hydrogen-bond donors (Lipinski definition) is 0. The van der Waals surface area contributed by atoms with Crippen molar-refractivity contribution in [3.05, 3.63) is 38.5 Å². The Morgan fingerprint density at radius 2 is 2.24 bits per heavy atom. The molecule has 17 heavy (non-hydrogen) atoms. The predicted octanol–water partition coefficient (Wildman–Crippen LogP) is 4.15. The van der Waals surface area contributed by atoms with Gasteiger partial charge in [-0.3, -0.25) is 4.79 Å². The van der Waals surface area contributed by atoms with Crippen LogP contribution in [0, 0.1) is 6.92 Å². The van der Waals surface area contributed by atoms with Crippen LogP contribution in [-0.2, 0) is 6.42 Å².